The Balaban J connectivity index is 1.49. The molecule has 4 unspecified atom stereocenters. The smallest absolute Gasteiger partial charge is 0.141 e. The van der Waals surface area contributed by atoms with Gasteiger partial charge in [-0.3, -0.25) is 9.79 Å². The van der Waals surface area contributed by atoms with Crippen LogP contribution in [0.4, 0.5) is 0 Å². The van der Waals surface area contributed by atoms with E-state index in [2.05, 4.69) is 69.5 Å². The van der Waals surface area contributed by atoms with Crippen molar-refractivity contribution in [3.05, 3.63) is 94.2 Å². The molecule has 0 aromatic heterocycles. The van der Waals surface area contributed by atoms with E-state index in [1.54, 1.807) is 6.07 Å². The van der Waals surface area contributed by atoms with Gasteiger partial charge < -0.3 is 0 Å². The highest BCUT2D eigenvalue weighted by atomic mass is 16.1. The van der Waals surface area contributed by atoms with Gasteiger partial charge in [0.15, 0.2) is 0 Å². The fourth-order valence-corrected chi connectivity index (χ4v) is 6.15. The minimum atomic E-state index is 0.147. The fraction of sp³-hybridized carbons (Fsp3) is 0.424. The molecule has 0 spiro atoms. The first-order valence-electron chi connectivity index (χ1n) is 13.5. The van der Waals surface area contributed by atoms with Crippen molar-refractivity contribution in [1.82, 2.24) is 0 Å². The molecule has 3 heteroatoms. The molecule has 0 amide bonds. The van der Waals surface area contributed by atoms with Crippen molar-refractivity contribution in [2.45, 2.75) is 71.6 Å². The summed E-state index contributed by atoms with van der Waals surface area (Å²) < 4.78 is 0. The molecule has 0 radical (unpaired) electrons. The van der Waals surface area contributed by atoms with E-state index in [-0.39, 0.29) is 5.78 Å². The molecular weight excluding hydrogens is 440 g/mol. The van der Waals surface area contributed by atoms with Crippen molar-refractivity contribution in [3.8, 4) is 6.07 Å². The van der Waals surface area contributed by atoms with Crippen LogP contribution < -0.4 is 0 Å². The molecule has 4 rings (SSSR count). The van der Waals surface area contributed by atoms with Crippen LogP contribution in [0.1, 0.15) is 81.0 Å². The first-order valence-corrected chi connectivity index (χ1v) is 13.5. The first-order chi connectivity index (χ1) is 17.5. The zero-order chi connectivity index (χ0) is 25.5. The summed E-state index contributed by atoms with van der Waals surface area (Å²) in [6.45, 7) is 6.68. The Labute approximate surface area is 216 Å². The third-order valence-corrected chi connectivity index (χ3v) is 7.97. The summed E-state index contributed by atoms with van der Waals surface area (Å²) in [6.07, 6.45) is 13.2. The van der Waals surface area contributed by atoms with Crippen molar-refractivity contribution in [3.63, 3.8) is 0 Å². The highest BCUT2D eigenvalue weighted by Gasteiger charge is 2.31. The number of benzene rings is 2. The van der Waals surface area contributed by atoms with Crippen molar-refractivity contribution in [2.75, 3.05) is 0 Å². The lowest BCUT2D eigenvalue weighted by Gasteiger charge is -2.35. The van der Waals surface area contributed by atoms with Gasteiger partial charge in [-0.15, -0.1) is 0 Å². The Morgan fingerprint density at radius 2 is 1.92 bits per heavy atom. The van der Waals surface area contributed by atoms with Crippen LogP contribution in [-0.4, -0.2) is 12.0 Å². The van der Waals surface area contributed by atoms with Crippen molar-refractivity contribution >= 4 is 12.0 Å². The molecule has 186 valence electrons. The second-order valence-corrected chi connectivity index (χ2v) is 10.5. The normalized spacial score (nSPS) is 24.2. The van der Waals surface area contributed by atoms with Crippen LogP contribution in [0.15, 0.2) is 76.9 Å². The maximum Gasteiger partial charge on any atom is 0.141 e. The molecule has 3 nitrogen and oxygen atoms in total. The van der Waals surface area contributed by atoms with Crippen molar-refractivity contribution < 1.29 is 4.79 Å². The zero-order valence-electron chi connectivity index (χ0n) is 21.9. The maximum absolute atomic E-state index is 12.8. The Hall–Kier alpha value is -3.25. The Morgan fingerprint density at radius 3 is 2.69 bits per heavy atom. The maximum atomic E-state index is 12.8. The molecule has 1 saturated carbocycles. The third kappa shape index (κ3) is 5.93. The van der Waals surface area contributed by atoms with E-state index in [9.17, 15) is 10.1 Å². The monoisotopic (exact) mass is 478 g/mol. The summed E-state index contributed by atoms with van der Waals surface area (Å²) in [5.41, 5.74) is 6.57. The molecule has 1 aliphatic carbocycles. The number of nitrogens with zero attached hydrogens (tertiary/aromatic N) is 2. The molecule has 36 heavy (non-hydrogen) atoms. The van der Waals surface area contributed by atoms with Gasteiger partial charge in [0.25, 0.3) is 0 Å². The number of carbonyl (C=O) groups excluding carboxylic acids is 1. The van der Waals surface area contributed by atoms with Gasteiger partial charge in [0.1, 0.15) is 5.78 Å². The Morgan fingerprint density at radius 1 is 1.11 bits per heavy atom. The number of rotatable bonds is 8. The molecule has 0 N–H and O–H groups in total. The Kier molecular flexibility index (Phi) is 8.70. The van der Waals surface area contributed by atoms with Crippen LogP contribution >= 0.6 is 0 Å². The number of carbonyl (C=O) groups is 1. The van der Waals surface area contributed by atoms with Crippen LogP contribution in [0.3, 0.4) is 0 Å². The molecule has 0 bridgehead atoms. The van der Waals surface area contributed by atoms with Gasteiger partial charge in [-0.2, -0.15) is 5.26 Å². The van der Waals surface area contributed by atoms with Crippen LogP contribution in [0, 0.1) is 29.1 Å². The lowest BCUT2D eigenvalue weighted by atomic mass is 9.73. The van der Waals surface area contributed by atoms with E-state index in [1.807, 2.05) is 18.2 Å². The van der Waals surface area contributed by atoms with Gasteiger partial charge >= 0.3 is 0 Å². The predicted molar refractivity (Wildman–Crippen MR) is 148 cm³/mol. The summed E-state index contributed by atoms with van der Waals surface area (Å²) in [5.74, 6) is 2.16. The number of nitriles is 1. The van der Waals surface area contributed by atoms with E-state index in [4.69, 9.17) is 4.99 Å². The van der Waals surface area contributed by atoms with E-state index in [1.165, 1.54) is 36.1 Å². The molecule has 0 saturated heterocycles. The van der Waals surface area contributed by atoms with Gasteiger partial charge in [-0.25, -0.2) is 0 Å². The van der Waals surface area contributed by atoms with Gasteiger partial charge in [-0.1, -0.05) is 74.9 Å². The first kappa shape index (κ1) is 25.8. The second kappa shape index (κ2) is 12.1. The summed E-state index contributed by atoms with van der Waals surface area (Å²) in [4.78, 5) is 17.8. The van der Waals surface area contributed by atoms with E-state index in [0.717, 1.165) is 24.0 Å². The average Bonchev–Trinajstić information content (AvgIpc) is 2.89. The summed E-state index contributed by atoms with van der Waals surface area (Å²) >= 11 is 0. The van der Waals surface area contributed by atoms with Crippen molar-refractivity contribution in [1.29, 1.82) is 5.26 Å². The highest BCUT2D eigenvalue weighted by Crippen LogP contribution is 2.44. The number of hydrogen-bond donors (Lipinski definition) is 0. The molecule has 1 aliphatic heterocycles. The molecule has 2 aromatic carbocycles. The molecule has 4 atom stereocenters. The van der Waals surface area contributed by atoms with Crippen molar-refractivity contribution in [2.24, 2.45) is 22.7 Å². The third-order valence-electron chi connectivity index (χ3n) is 7.97. The zero-order valence-corrected chi connectivity index (χ0v) is 21.9. The van der Waals surface area contributed by atoms with E-state index in [0.29, 0.717) is 42.1 Å². The number of Topliss-reactive ketones (excluding diaryl/α,β-unsaturated/α-hetero) is 1. The number of hydrogen-bond acceptors (Lipinski definition) is 3. The van der Waals surface area contributed by atoms with Crippen LogP contribution in [0.5, 0.6) is 0 Å². The van der Waals surface area contributed by atoms with E-state index >= 15 is 0 Å². The minimum Gasteiger partial charge on any atom is -0.299 e. The van der Waals surface area contributed by atoms with Crippen LogP contribution in [0.25, 0.3) is 0 Å². The SMILES string of the molecule is C/C=C\C1=C(C2CCCC(c3cccc(CC(=O)Cc4ccccc4C#N)c3)C2)N=CC(C)C1CC. The molecule has 2 aliphatic rings. The van der Waals surface area contributed by atoms with Gasteiger partial charge in [0, 0.05) is 30.7 Å². The summed E-state index contributed by atoms with van der Waals surface area (Å²) in [6, 6.07) is 18.2. The number of ketones is 1. The highest BCUT2D eigenvalue weighted by molar-refractivity contribution is 5.83. The number of allylic oxidation sites excluding steroid dienone is 4. The average molecular weight is 479 g/mol. The van der Waals surface area contributed by atoms with E-state index < -0.39 is 0 Å². The topological polar surface area (TPSA) is 53.2 Å². The fourth-order valence-electron chi connectivity index (χ4n) is 6.15. The summed E-state index contributed by atoms with van der Waals surface area (Å²) in [5, 5.41) is 9.33. The number of aliphatic imine (C=N–C) groups is 1. The second-order valence-electron chi connectivity index (χ2n) is 10.5. The molecule has 2 aromatic rings. The lowest BCUT2D eigenvalue weighted by molar-refractivity contribution is -0.117. The lowest BCUT2D eigenvalue weighted by Crippen LogP contribution is -2.24. The molecular formula is C33H38N2O. The Bertz CT molecular complexity index is 1210. The molecule has 1 fully saturated rings. The standard InChI is InChI=1S/C33H38N2O/c1-4-10-32-31(5-2)23(3)22-35-33(32)28-16-9-15-26(19-28)25-14-8-11-24(17-25)18-30(36)20-27-12-6-7-13-29(27)21-34/h4,6-8,10-14,17,22-23,26,28,31H,5,9,15-16,18-20H2,1-3H3/b10-4-. The summed E-state index contributed by atoms with van der Waals surface area (Å²) in [7, 11) is 0. The molecule has 1 heterocycles. The van der Waals surface area contributed by atoms with Crippen LogP contribution in [0.2, 0.25) is 0 Å². The largest absolute Gasteiger partial charge is 0.299 e. The van der Waals surface area contributed by atoms with Crippen LogP contribution in [-0.2, 0) is 17.6 Å². The quantitative estimate of drug-likeness (QED) is 0.389. The van der Waals surface area contributed by atoms with Gasteiger partial charge in [0.2, 0.25) is 0 Å². The van der Waals surface area contributed by atoms with Gasteiger partial charge in [-0.05, 0) is 78.7 Å². The predicted octanol–water partition coefficient (Wildman–Crippen LogP) is 7.76. The van der Waals surface area contributed by atoms with Gasteiger partial charge in [0.05, 0.1) is 11.6 Å². The minimum absolute atomic E-state index is 0.147.